The number of hydrogen-bond donors (Lipinski definition) is 0. The minimum atomic E-state index is -4.43. The first-order chi connectivity index (χ1) is 6.89. The van der Waals surface area contributed by atoms with Crippen molar-refractivity contribution < 1.29 is 22.7 Å². The second kappa shape index (κ2) is 4.29. The number of pyridine rings is 1. The molecule has 0 N–H and O–H groups in total. The van der Waals surface area contributed by atoms with Gasteiger partial charge in [-0.2, -0.15) is 13.2 Å². The van der Waals surface area contributed by atoms with Crippen molar-refractivity contribution in [3.8, 4) is 5.88 Å². The van der Waals surface area contributed by atoms with Gasteiger partial charge in [-0.1, -0.05) is 0 Å². The lowest BCUT2D eigenvalue weighted by atomic mass is 10.2. The first-order valence-corrected chi connectivity index (χ1v) is 4.05. The molecule has 0 aromatic carbocycles. The third kappa shape index (κ3) is 3.57. The molecule has 0 saturated carbocycles. The molecule has 0 radical (unpaired) electrons. The average molecular weight is 219 g/mol. The van der Waals surface area contributed by atoms with Crippen LogP contribution in [0.4, 0.5) is 13.2 Å². The first-order valence-electron chi connectivity index (χ1n) is 4.05. The number of nitrogens with zero attached hydrogens (tertiary/aromatic N) is 1. The number of halogens is 3. The van der Waals surface area contributed by atoms with Gasteiger partial charge in [-0.15, -0.1) is 0 Å². The summed E-state index contributed by atoms with van der Waals surface area (Å²) < 4.78 is 41.4. The lowest BCUT2D eigenvalue weighted by molar-refractivity contribution is -0.137. The highest BCUT2D eigenvalue weighted by atomic mass is 19.4. The summed E-state index contributed by atoms with van der Waals surface area (Å²) in [6.45, 7) is 0.988. The number of alkyl halides is 3. The van der Waals surface area contributed by atoms with Crippen LogP contribution in [-0.2, 0) is 11.0 Å². The van der Waals surface area contributed by atoms with Crippen molar-refractivity contribution >= 4 is 5.78 Å². The van der Waals surface area contributed by atoms with Crippen LogP contribution in [-0.4, -0.2) is 17.4 Å². The van der Waals surface area contributed by atoms with Crippen LogP contribution in [0.15, 0.2) is 18.3 Å². The molecule has 0 saturated heterocycles. The third-order valence-corrected chi connectivity index (χ3v) is 1.49. The quantitative estimate of drug-likeness (QED) is 0.781. The van der Waals surface area contributed by atoms with E-state index in [9.17, 15) is 18.0 Å². The molecule has 0 aliphatic rings. The lowest BCUT2D eigenvalue weighted by Crippen LogP contribution is -2.09. The molecule has 1 rings (SSSR count). The SMILES string of the molecule is CC(=O)COc1cc(C(F)(F)F)ccn1. The summed E-state index contributed by atoms with van der Waals surface area (Å²) in [5.41, 5.74) is -0.851. The Labute approximate surface area is 83.9 Å². The Morgan fingerprint density at radius 1 is 1.53 bits per heavy atom. The maximum absolute atomic E-state index is 12.2. The van der Waals surface area contributed by atoms with Crippen LogP contribution in [0.3, 0.4) is 0 Å². The van der Waals surface area contributed by atoms with Gasteiger partial charge in [0, 0.05) is 12.3 Å². The number of aromatic nitrogens is 1. The summed E-state index contributed by atoms with van der Waals surface area (Å²) in [5.74, 6) is -0.491. The molecular formula is C9H8F3NO2. The van der Waals surface area contributed by atoms with Gasteiger partial charge in [0.05, 0.1) is 5.56 Å². The van der Waals surface area contributed by atoms with E-state index in [2.05, 4.69) is 4.98 Å². The van der Waals surface area contributed by atoms with Crippen LogP contribution >= 0.6 is 0 Å². The second-order valence-corrected chi connectivity index (χ2v) is 2.87. The number of ketones is 1. The molecule has 3 nitrogen and oxygen atoms in total. The van der Waals surface area contributed by atoms with Gasteiger partial charge >= 0.3 is 6.18 Å². The predicted octanol–water partition coefficient (Wildman–Crippen LogP) is 2.07. The van der Waals surface area contributed by atoms with Crippen molar-refractivity contribution in [1.82, 2.24) is 4.98 Å². The second-order valence-electron chi connectivity index (χ2n) is 2.87. The molecule has 15 heavy (non-hydrogen) atoms. The van der Waals surface area contributed by atoms with E-state index in [1.54, 1.807) is 0 Å². The zero-order valence-corrected chi connectivity index (χ0v) is 7.84. The van der Waals surface area contributed by atoms with Crippen molar-refractivity contribution in [3.05, 3.63) is 23.9 Å². The molecule has 1 heterocycles. The van der Waals surface area contributed by atoms with Gasteiger partial charge in [0.1, 0.15) is 6.61 Å². The summed E-state index contributed by atoms with van der Waals surface area (Å²) in [6, 6.07) is 1.59. The summed E-state index contributed by atoms with van der Waals surface area (Å²) in [5, 5.41) is 0. The van der Waals surface area contributed by atoms with Gasteiger partial charge in [-0.3, -0.25) is 4.79 Å². The van der Waals surface area contributed by atoms with Crippen LogP contribution in [0, 0.1) is 0 Å². The van der Waals surface area contributed by atoms with E-state index < -0.39 is 11.7 Å². The zero-order valence-electron chi connectivity index (χ0n) is 7.84. The molecule has 0 aliphatic carbocycles. The highest BCUT2D eigenvalue weighted by Gasteiger charge is 2.30. The van der Waals surface area contributed by atoms with Gasteiger partial charge < -0.3 is 4.74 Å². The van der Waals surface area contributed by atoms with E-state index in [0.29, 0.717) is 0 Å². The smallest absolute Gasteiger partial charge is 0.416 e. The van der Waals surface area contributed by atoms with Gasteiger partial charge in [-0.05, 0) is 13.0 Å². The minimum absolute atomic E-state index is 0.208. The van der Waals surface area contributed by atoms with E-state index in [0.717, 1.165) is 18.3 Å². The summed E-state index contributed by atoms with van der Waals surface area (Å²) in [7, 11) is 0. The Kier molecular flexibility index (Phi) is 3.28. The number of rotatable bonds is 3. The number of carbonyl (C=O) groups excluding carboxylic acids is 1. The predicted molar refractivity (Wildman–Crippen MR) is 45.4 cm³/mol. The highest BCUT2D eigenvalue weighted by molar-refractivity contribution is 5.76. The first kappa shape index (κ1) is 11.5. The number of carbonyl (C=O) groups is 1. The molecule has 1 aromatic heterocycles. The molecule has 0 atom stereocenters. The van der Waals surface area contributed by atoms with E-state index in [1.165, 1.54) is 6.92 Å². The fourth-order valence-corrected chi connectivity index (χ4v) is 0.840. The number of Topliss-reactive ketones (excluding diaryl/α,β-unsaturated/α-hetero) is 1. The minimum Gasteiger partial charge on any atom is -0.470 e. The molecule has 0 bridgehead atoms. The fourth-order valence-electron chi connectivity index (χ4n) is 0.840. The van der Waals surface area contributed by atoms with Gasteiger partial charge in [0.25, 0.3) is 0 Å². The van der Waals surface area contributed by atoms with Crippen LogP contribution in [0.25, 0.3) is 0 Å². The van der Waals surface area contributed by atoms with Crippen LogP contribution in [0.2, 0.25) is 0 Å². The van der Waals surface area contributed by atoms with Crippen LogP contribution in [0.1, 0.15) is 12.5 Å². The Morgan fingerprint density at radius 2 is 2.20 bits per heavy atom. The van der Waals surface area contributed by atoms with E-state index in [1.807, 2.05) is 0 Å². The Morgan fingerprint density at radius 3 is 2.73 bits per heavy atom. The standard InChI is InChI=1S/C9H8F3NO2/c1-6(14)5-15-8-4-7(2-3-13-8)9(10,11)12/h2-4H,5H2,1H3. The normalized spacial score (nSPS) is 11.2. The lowest BCUT2D eigenvalue weighted by Gasteiger charge is -2.08. The van der Waals surface area contributed by atoms with Crippen molar-refractivity contribution in [2.45, 2.75) is 13.1 Å². The zero-order chi connectivity index (χ0) is 11.5. The monoisotopic (exact) mass is 219 g/mol. The molecular weight excluding hydrogens is 211 g/mol. The molecule has 0 amide bonds. The van der Waals surface area contributed by atoms with Crippen molar-refractivity contribution in [2.75, 3.05) is 6.61 Å². The molecule has 6 heteroatoms. The van der Waals surface area contributed by atoms with Crippen molar-refractivity contribution in [1.29, 1.82) is 0 Å². The van der Waals surface area contributed by atoms with Crippen LogP contribution < -0.4 is 4.74 Å². The summed E-state index contributed by atoms with van der Waals surface area (Å²) >= 11 is 0. The molecule has 0 unspecified atom stereocenters. The Balaban J connectivity index is 2.79. The molecule has 82 valence electrons. The van der Waals surface area contributed by atoms with Gasteiger partial charge in [-0.25, -0.2) is 4.98 Å². The van der Waals surface area contributed by atoms with E-state index >= 15 is 0 Å². The molecule has 0 aliphatic heterocycles. The van der Waals surface area contributed by atoms with E-state index in [-0.39, 0.29) is 18.3 Å². The highest BCUT2D eigenvalue weighted by Crippen LogP contribution is 2.30. The summed E-state index contributed by atoms with van der Waals surface area (Å²) in [4.78, 5) is 14.1. The maximum Gasteiger partial charge on any atom is 0.416 e. The topological polar surface area (TPSA) is 39.2 Å². The number of ether oxygens (including phenoxy) is 1. The van der Waals surface area contributed by atoms with Gasteiger partial charge in [0.2, 0.25) is 5.88 Å². The average Bonchev–Trinajstić information content (AvgIpc) is 2.14. The molecule has 0 fully saturated rings. The molecule has 0 spiro atoms. The third-order valence-electron chi connectivity index (χ3n) is 1.49. The van der Waals surface area contributed by atoms with E-state index in [4.69, 9.17) is 4.74 Å². The Hall–Kier alpha value is -1.59. The maximum atomic E-state index is 12.2. The summed E-state index contributed by atoms with van der Waals surface area (Å²) in [6.07, 6.45) is -3.45. The van der Waals surface area contributed by atoms with Crippen molar-refractivity contribution in [2.24, 2.45) is 0 Å². The Bertz CT molecular complexity index is 363. The van der Waals surface area contributed by atoms with Crippen LogP contribution in [0.5, 0.6) is 5.88 Å². The largest absolute Gasteiger partial charge is 0.470 e. The van der Waals surface area contributed by atoms with Crippen molar-refractivity contribution in [3.63, 3.8) is 0 Å². The van der Waals surface area contributed by atoms with Gasteiger partial charge in [0.15, 0.2) is 5.78 Å². The molecule has 1 aromatic rings. The fraction of sp³-hybridized carbons (Fsp3) is 0.333. The number of hydrogen-bond acceptors (Lipinski definition) is 3.